The Morgan fingerprint density at radius 3 is 2.28 bits per heavy atom. The molecule has 8 heteroatoms. The Hall–Kier alpha value is -3.55. The van der Waals surface area contributed by atoms with Crippen LogP contribution in [0.5, 0.6) is 0 Å². The first-order chi connectivity index (χ1) is 13.8. The second kappa shape index (κ2) is 6.80. The average Bonchev–Trinajstić information content (AvgIpc) is 2.99. The fourth-order valence-corrected chi connectivity index (χ4v) is 3.47. The molecular weight excluding hydrogens is 383 g/mol. The van der Waals surface area contributed by atoms with Crippen molar-refractivity contribution in [3.8, 4) is 0 Å². The van der Waals surface area contributed by atoms with Crippen LogP contribution in [0.25, 0.3) is 0 Å². The van der Waals surface area contributed by atoms with Gasteiger partial charge in [-0.1, -0.05) is 18.2 Å². The number of alkyl halides is 3. The number of rotatable bonds is 2. The highest BCUT2D eigenvalue weighted by Crippen LogP contribution is 2.32. The number of Topliss-reactive ketones (excluding diaryl/α,β-unsaturated/α-hetero) is 1. The molecule has 0 bridgehead atoms. The molecule has 1 amide bonds. The Bertz CT molecular complexity index is 1100. The lowest BCUT2D eigenvalue weighted by atomic mass is 10.1. The maximum absolute atomic E-state index is 13.2. The van der Waals surface area contributed by atoms with Crippen LogP contribution in [-0.2, 0) is 13.1 Å². The van der Waals surface area contributed by atoms with Crippen molar-refractivity contribution in [2.75, 3.05) is 10.6 Å². The number of anilines is 2. The number of hydrogen-bond donors (Lipinski definition) is 1. The zero-order valence-electron chi connectivity index (χ0n) is 15.1. The molecule has 2 aromatic carbocycles. The van der Waals surface area contributed by atoms with Crippen LogP contribution in [0.15, 0.2) is 60.7 Å². The van der Waals surface area contributed by atoms with E-state index in [4.69, 9.17) is 5.73 Å². The molecular formula is C21H16F3N3O2. The van der Waals surface area contributed by atoms with E-state index >= 15 is 0 Å². The van der Waals surface area contributed by atoms with Crippen LogP contribution in [0.4, 0.5) is 24.5 Å². The van der Waals surface area contributed by atoms with Gasteiger partial charge in [-0.15, -0.1) is 0 Å². The molecule has 0 saturated heterocycles. The van der Waals surface area contributed by atoms with Gasteiger partial charge in [0.15, 0.2) is 0 Å². The van der Waals surface area contributed by atoms with Gasteiger partial charge in [0.2, 0.25) is 0 Å². The van der Waals surface area contributed by atoms with Gasteiger partial charge in [-0.3, -0.25) is 9.59 Å². The fourth-order valence-electron chi connectivity index (χ4n) is 3.47. The van der Waals surface area contributed by atoms with Crippen LogP contribution in [0.2, 0.25) is 0 Å². The minimum absolute atomic E-state index is 0.0331. The zero-order valence-corrected chi connectivity index (χ0v) is 15.1. The predicted molar refractivity (Wildman–Crippen MR) is 102 cm³/mol. The number of amides is 1. The number of para-hydroxylation sites is 1. The molecule has 0 radical (unpaired) electrons. The highest BCUT2D eigenvalue weighted by molar-refractivity contribution is 6.07. The van der Waals surface area contributed by atoms with E-state index in [0.717, 1.165) is 6.07 Å². The third-order valence-corrected chi connectivity index (χ3v) is 4.89. The van der Waals surface area contributed by atoms with E-state index in [9.17, 15) is 22.8 Å². The molecule has 1 aliphatic heterocycles. The molecule has 0 aliphatic carbocycles. The Labute approximate surface area is 164 Å². The summed E-state index contributed by atoms with van der Waals surface area (Å²) in [5.74, 6) is -2.21. The third-order valence-electron chi connectivity index (χ3n) is 4.89. The monoisotopic (exact) mass is 399 g/mol. The topological polar surface area (TPSA) is 68.3 Å². The van der Waals surface area contributed by atoms with Gasteiger partial charge in [-0.25, -0.2) is 0 Å². The molecule has 29 heavy (non-hydrogen) atoms. The second-order valence-corrected chi connectivity index (χ2v) is 6.76. The van der Waals surface area contributed by atoms with Crippen LogP contribution in [0, 0.1) is 0 Å². The summed E-state index contributed by atoms with van der Waals surface area (Å²) in [6.07, 6.45) is -4.97. The van der Waals surface area contributed by atoms with Crippen molar-refractivity contribution in [2.24, 2.45) is 0 Å². The molecule has 0 atom stereocenters. The molecule has 0 spiro atoms. The van der Waals surface area contributed by atoms with Crippen molar-refractivity contribution in [1.29, 1.82) is 0 Å². The summed E-state index contributed by atoms with van der Waals surface area (Å²) in [4.78, 5) is 26.5. The SMILES string of the molecule is Nc1ccc(C(=O)N2Cc3ccc(C(=O)C(F)(F)F)n3Cc3ccccc32)cc1. The summed E-state index contributed by atoms with van der Waals surface area (Å²) in [7, 11) is 0. The number of carbonyl (C=O) groups is 2. The number of aromatic nitrogens is 1. The number of nitrogen functional groups attached to an aromatic ring is 1. The number of hydrogen-bond acceptors (Lipinski definition) is 3. The summed E-state index contributed by atoms with van der Waals surface area (Å²) in [6.45, 7) is 0.0898. The Kier molecular flexibility index (Phi) is 4.41. The van der Waals surface area contributed by atoms with E-state index in [1.807, 2.05) is 0 Å². The summed E-state index contributed by atoms with van der Waals surface area (Å²) in [5.41, 5.74) is 7.83. The number of ketones is 1. The van der Waals surface area contributed by atoms with Gasteiger partial charge in [-0.2, -0.15) is 13.2 Å². The van der Waals surface area contributed by atoms with Crippen LogP contribution in [0.1, 0.15) is 32.1 Å². The van der Waals surface area contributed by atoms with Gasteiger partial charge < -0.3 is 15.2 Å². The van der Waals surface area contributed by atoms with E-state index in [1.54, 1.807) is 48.5 Å². The third kappa shape index (κ3) is 3.37. The van der Waals surface area contributed by atoms with E-state index in [0.29, 0.717) is 28.2 Å². The Balaban J connectivity index is 1.80. The lowest BCUT2D eigenvalue weighted by Gasteiger charge is -2.22. The van der Waals surface area contributed by atoms with E-state index < -0.39 is 17.7 Å². The smallest absolute Gasteiger partial charge is 0.399 e. The van der Waals surface area contributed by atoms with Crippen molar-refractivity contribution in [3.63, 3.8) is 0 Å². The van der Waals surface area contributed by atoms with Crippen LogP contribution < -0.4 is 10.6 Å². The molecule has 1 aliphatic rings. The van der Waals surface area contributed by atoms with Gasteiger partial charge in [0, 0.05) is 22.6 Å². The van der Waals surface area contributed by atoms with Crippen LogP contribution >= 0.6 is 0 Å². The van der Waals surface area contributed by atoms with Gasteiger partial charge in [0.05, 0.1) is 18.8 Å². The van der Waals surface area contributed by atoms with Gasteiger partial charge in [0.25, 0.3) is 11.7 Å². The van der Waals surface area contributed by atoms with Gasteiger partial charge in [-0.05, 0) is 48.0 Å². The Morgan fingerprint density at radius 2 is 1.59 bits per heavy atom. The quantitative estimate of drug-likeness (QED) is 0.523. The first-order valence-corrected chi connectivity index (χ1v) is 8.81. The van der Waals surface area contributed by atoms with Crippen LogP contribution in [-0.4, -0.2) is 22.4 Å². The van der Waals surface area contributed by atoms with Gasteiger partial charge in [0.1, 0.15) is 0 Å². The summed E-state index contributed by atoms with van der Waals surface area (Å²) < 4.78 is 40.3. The molecule has 0 fully saturated rings. The summed E-state index contributed by atoms with van der Waals surface area (Å²) >= 11 is 0. The van der Waals surface area contributed by atoms with Crippen molar-refractivity contribution >= 4 is 23.1 Å². The molecule has 148 valence electrons. The van der Waals surface area contributed by atoms with Crippen molar-refractivity contribution in [3.05, 3.63) is 83.2 Å². The highest BCUT2D eigenvalue weighted by Gasteiger charge is 2.41. The Morgan fingerprint density at radius 1 is 0.897 bits per heavy atom. The van der Waals surface area contributed by atoms with Crippen LogP contribution in [0.3, 0.4) is 0 Å². The standard InChI is InChI=1S/C21H16F3N3O2/c22-21(23,24)19(28)18-10-9-16-12-27(20(29)13-5-7-15(25)8-6-13)17-4-2-1-3-14(17)11-26(16)18/h1-10H,11-12,25H2. The number of fused-ring (bicyclic) bond motifs is 2. The second-order valence-electron chi connectivity index (χ2n) is 6.76. The summed E-state index contributed by atoms with van der Waals surface area (Å²) in [5, 5.41) is 0. The molecule has 4 rings (SSSR count). The van der Waals surface area contributed by atoms with Crippen molar-refractivity contribution < 1.29 is 22.8 Å². The minimum atomic E-state index is -4.97. The largest absolute Gasteiger partial charge is 0.456 e. The predicted octanol–water partition coefficient (Wildman–Crippen LogP) is 4.02. The molecule has 2 heterocycles. The maximum Gasteiger partial charge on any atom is 0.456 e. The molecule has 3 aromatic rings. The summed E-state index contributed by atoms with van der Waals surface area (Å²) in [6, 6.07) is 16.0. The van der Waals surface area contributed by atoms with Crippen molar-refractivity contribution in [2.45, 2.75) is 19.3 Å². The first kappa shape index (κ1) is 18.8. The number of carbonyl (C=O) groups excluding carboxylic acids is 2. The van der Waals surface area contributed by atoms with Gasteiger partial charge >= 0.3 is 6.18 Å². The lowest BCUT2D eigenvalue weighted by molar-refractivity contribution is -0.0890. The van der Waals surface area contributed by atoms with E-state index in [-0.39, 0.29) is 19.0 Å². The fraction of sp³-hybridized carbons (Fsp3) is 0.143. The number of nitrogens with zero attached hydrogens (tertiary/aromatic N) is 2. The van der Waals surface area contributed by atoms with E-state index in [2.05, 4.69) is 0 Å². The zero-order chi connectivity index (χ0) is 20.8. The average molecular weight is 399 g/mol. The molecule has 0 saturated carbocycles. The lowest BCUT2D eigenvalue weighted by Crippen LogP contribution is -2.30. The normalized spacial score (nSPS) is 13.4. The molecule has 0 unspecified atom stereocenters. The molecule has 5 nitrogen and oxygen atoms in total. The first-order valence-electron chi connectivity index (χ1n) is 8.81. The molecule has 2 N–H and O–H groups in total. The minimum Gasteiger partial charge on any atom is -0.399 e. The highest BCUT2D eigenvalue weighted by atomic mass is 19.4. The molecule has 1 aromatic heterocycles. The number of benzene rings is 2. The van der Waals surface area contributed by atoms with Crippen molar-refractivity contribution in [1.82, 2.24) is 4.57 Å². The number of halogens is 3. The number of nitrogens with two attached hydrogens (primary N) is 1. The maximum atomic E-state index is 13.2. The van der Waals surface area contributed by atoms with E-state index in [1.165, 1.54) is 15.5 Å².